The molecule has 3 saturated heterocycles. The van der Waals surface area contributed by atoms with E-state index in [4.69, 9.17) is 62.7 Å². The number of sulfonamides is 3. The zero-order valence-electron chi connectivity index (χ0n) is 86.4. The molecule has 5 heterocycles. The highest BCUT2D eigenvalue weighted by Crippen LogP contribution is 2.41. The lowest BCUT2D eigenvalue weighted by Gasteiger charge is -2.37. The average molecular weight is 2190 g/mol. The lowest BCUT2D eigenvalue weighted by molar-refractivity contribution is 0.0496. The number of aliphatic hydroxyl groups excluding tert-OH is 2. The number of aromatic hydroxyl groups is 4. The van der Waals surface area contributed by atoms with E-state index in [1.165, 1.54) is 83.6 Å². The number of phenolic OH excluding ortho intramolecular Hbond substituents is 4. The Morgan fingerprint density at radius 2 is 0.803 bits per heavy atom. The number of ether oxygens (including phenoxy) is 4. The van der Waals surface area contributed by atoms with Gasteiger partial charge in [0.25, 0.3) is 49.2 Å². The Morgan fingerprint density at radius 1 is 0.422 bits per heavy atom. The third-order valence-corrected chi connectivity index (χ3v) is 33.5. The van der Waals surface area contributed by atoms with Crippen molar-refractivity contribution in [3.8, 4) is 28.7 Å². The molecule has 36 heteroatoms. The summed E-state index contributed by atoms with van der Waals surface area (Å²) < 4.78 is 183. The molecule has 812 valence electrons. The molecule has 0 spiro atoms. The van der Waals surface area contributed by atoms with Gasteiger partial charge in [0, 0.05) is 78.8 Å². The Kier molecular flexibility index (Phi) is 52.3. The maximum atomic E-state index is 13.8. The van der Waals surface area contributed by atoms with Gasteiger partial charge in [0.2, 0.25) is 0 Å². The van der Waals surface area contributed by atoms with Gasteiger partial charge in [-0.05, 0) is 382 Å². The lowest BCUT2D eigenvalue weighted by atomic mass is 9.94. The van der Waals surface area contributed by atoms with Crippen LogP contribution in [-0.4, -0.2) is 163 Å². The third kappa shape index (κ3) is 40.6. The summed E-state index contributed by atoms with van der Waals surface area (Å²) in [6.45, 7) is 33.0. The number of nitrogens with one attached hydrogen (secondary N) is 1. The molecule has 28 nitrogen and oxygen atoms in total. The van der Waals surface area contributed by atoms with Gasteiger partial charge in [-0.15, -0.1) is 0 Å². The SMILES string of the molecule is C.C1CCOC1.CCc1ccc(N)c(CCC(O)CC)c1.CCc1ccc(NS(=O)(=O)c2ccc(O)c(C)c2)c(CCC(O)CC)c1.CCc1ccc2c(c1)CCC(CC)N2S(=O)(=O)c1ccc(O)c(C)c1.CCc1ccc2c(c1)CCC(CC)N2S(=O)(=O)c1ccc(OCC2CCOCC2)c(C)c1.Cc1cc(S(=O)(=O)Cl)ccc1O.Cc1ccc(S(=O)(=O)OCC2CCOCC2)cc1.Cc1ccccc1O.O=S(=O)(O)Cl. The summed E-state index contributed by atoms with van der Waals surface area (Å²) >= 11 is 0. The number of aryl methyl sites for hydroxylation is 14. The summed E-state index contributed by atoms with van der Waals surface area (Å²) in [7, 11) is -13.5. The molecule has 0 saturated carbocycles. The van der Waals surface area contributed by atoms with Crippen LogP contribution >= 0.6 is 21.4 Å². The van der Waals surface area contributed by atoms with Crippen LogP contribution in [0.25, 0.3) is 0 Å². The number of nitrogen functional groups attached to an aromatic ring is 1. The molecule has 10 aromatic rings. The molecule has 10 aromatic carbocycles. The second-order valence-electron chi connectivity index (χ2n) is 36.7. The summed E-state index contributed by atoms with van der Waals surface area (Å²) in [6, 6.07) is 55.9. The summed E-state index contributed by atoms with van der Waals surface area (Å²) in [5.41, 5.74) is 22.4. The van der Waals surface area contributed by atoms with Gasteiger partial charge >= 0.3 is 9.33 Å². The molecule has 0 aromatic heterocycles. The Hall–Kier alpha value is -9.60. The quantitative estimate of drug-likeness (QED) is 0.00910. The molecule has 0 bridgehead atoms. The Bertz CT molecular complexity index is 6510. The van der Waals surface area contributed by atoms with Crippen LogP contribution < -0.4 is 23.8 Å². The van der Waals surface area contributed by atoms with Gasteiger partial charge in [-0.25, -0.2) is 33.7 Å². The first kappa shape index (κ1) is 126. The number of benzene rings is 10. The minimum atomic E-state index is -4.19. The third-order valence-electron chi connectivity index (χ3n) is 25.8. The maximum absolute atomic E-state index is 13.8. The molecule has 0 aliphatic carbocycles. The molecule has 5 aliphatic rings. The number of nitrogens with zero attached hydrogens (tertiary/aromatic N) is 2. The minimum Gasteiger partial charge on any atom is -0.508 e. The molecule has 15 rings (SSSR count). The molecule has 4 unspecified atom stereocenters. The van der Waals surface area contributed by atoms with Crippen LogP contribution in [0.1, 0.15) is 231 Å². The lowest BCUT2D eigenvalue weighted by Crippen LogP contribution is -2.43. The number of phenols is 4. The van der Waals surface area contributed by atoms with Gasteiger partial charge in [0.05, 0.1) is 67.0 Å². The van der Waals surface area contributed by atoms with Gasteiger partial charge in [0.1, 0.15) is 28.7 Å². The second-order valence-corrected chi connectivity index (χ2v) is 48.2. The highest BCUT2D eigenvalue weighted by molar-refractivity contribution is 8.13. The summed E-state index contributed by atoms with van der Waals surface area (Å²) in [4.78, 5) is 0.888. The van der Waals surface area contributed by atoms with Gasteiger partial charge in [0.15, 0.2) is 0 Å². The molecule has 3 fully saturated rings. The van der Waals surface area contributed by atoms with E-state index in [2.05, 4.69) is 73.4 Å². The normalized spacial score (nSPS) is 15.6. The van der Waals surface area contributed by atoms with E-state index in [1.807, 2.05) is 109 Å². The van der Waals surface area contributed by atoms with Crippen molar-refractivity contribution in [3.05, 3.63) is 272 Å². The fourth-order valence-electron chi connectivity index (χ4n) is 16.3. The van der Waals surface area contributed by atoms with E-state index < -0.39 is 64.7 Å². The van der Waals surface area contributed by atoms with Crippen LogP contribution in [0.2, 0.25) is 0 Å². The van der Waals surface area contributed by atoms with Crippen LogP contribution in [0.15, 0.2) is 219 Å². The summed E-state index contributed by atoms with van der Waals surface area (Å²) in [5.74, 6) is 2.12. The monoisotopic (exact) mass is 2190 g/mol. The molecule has 0 amide bonds. The predicted molar refractivity (Wildman–Crippen MR) is 589 cm³/mol. The van der Waals surface area contributed by atoms with Crippen LogP contribution in [0.3, 0.4) is 0 Å². The molecule has 10 N–H and O–H groups in total. The maximum Gasteiger partial charge on any atom is 0.353 e. The number of nitrogens with two attached hydrogens (primary N) is 1. The van der Waals surface area contributed by atoms with Crippen LogP contribution in [0, 0.1) is 53.4 Å². The van der Waals surface area contributed by atoms with Gasteiger partial charge in [-0.3, -0.25) is 22.1 Å². The van der Waals surface area contributed by atoms with E-state index in [1.54, 1.807) is 84.0 Å². The molecule has 5 aliphatic heterocycles. The number of anilines is 4. The van der Waals surface area contributed by atoms with Crippen molar-refractivity contribution in [2.24, 2.45) is 11.8 Å². The van der Waals surface area contributed by atoms with Crippen molar-refractivity contribution < 1.29 is 109 Å². The van der Waals surface area contributed by atoms with Crippen LogP contribution in [0.5, 0.6) is 28.7 Å². The second kappa shape index (κ2) is 61.0. The number of hydrogen-bond donors (Lipinski definition) is 9. The van der Waals surface area contributed by atoms with E-state index in [9.17, 15) is 62.5 Å². The molecule has 4 atom stereocenters. The number of halogens is 2. The average Bonchev–Trinajstić information content (AvgIpc) is 1.01. The minimum absolute atomic E-state index is 0. The number of para-hydroxylation sites is 1. The summed E-state index contributed by atoms with van der Waals surface area (Å²) in [5, 5.41) is 56.7. The standard InChI is InChI=1S/C26H35NO4S.C20H27NO4S.C20H25NO3S.C13H21NO.C13H18O4S.C7H7ClO3S.C7H8O.C4H8O.CH4.ClHO3S/c1-4-20-6-10-25-22(17-20)7-8-23(5-2)27(25)32(28,29)24-9-11-26(19(3)16-24)31-18-21-12-14-30-15-13-21;1-4-15-6-10-19(16(13-15)7-8-17(22)5-2)21-26(24,25)18-9-11-20(23)14(3)12-18;1-4-15-6-10-19-16(13-15)7-8-17(5-2)21(19)25(23,24)18-9-11-20(22)14(3)12-18;1-3-10-5-8-13(14)11(9-10)6-7-12(15)4-2;1-11-2-4-13(5-3-11)18(14,15)17-10-12-6-8-16-9-7-12;1-5-4-6(12(8,10)11)2-3-7(5)9;1-6-4-2-3-5-7(6)8;1-2-4-5-3-1;;1-5(2,3)4/h6,9-11,16-17,21,23H,4-5,7-8,12-15,18H2,1-3H3;6,9-13,17,21-23H,4-5,7-8H2,1-3H3;6,9-13,17,22H,4-5,7-8H2,1-3H3;5,8-9,12,15H,3-4,6-7,14H2,1-2H3;2-5,12H,6-10H2,1H3;2-4,9H,1H3;2-5,8H,1H3;1-4H2;1H4;(H,2,3,4). The number of hydrogen-bond acceptors (Lipinski definition) is 24. The smallest absolute Gasteiger partial charge is 0.353 e. The highest BCUT2D eigenvalue weighted by atomic mass is 35.7. The van der Waals surface area contributed by atoms with E-state index in [-0.39, 0.29) is 75.0 Å². The number of rotatable bonds is 29. The topological polar surface area (TPSA) is 437 Å². The first-order chi connectivity index (χ1) is 69.0. The molecule has 0 radical (unpaired) electrons. The zero-order valence-corrected chi connectivity index (χ0v) is 92.8. The zero-order chi connectivity index (χ0) is 108. The highest BCUT2D eigenvalue weighted by Gasteiger charge is 2.38. The van der Waals surface area contributed by atoms with Gasteiger partial charge < -0.3 is 55.3 Å². The first-order valence-corrected chi connectivity index (χ1v) is 60.3. The summed E-state index contributed by atoms with van der Waals surface area (Å²) in [6.07, 6.45) is 18.9. The van der Waals surface area contributed by atoms with E-state index in [0.29, 0.717) is 78.0 Å². The molecular weight excluding hydrogens is 2040 g/mol. The predicted octanol–water partition coefficient (Wildman–Crippen LogP) is 22.7. The van der Waals surface area contributed by atoms with Crippen molar-refractivity contribution in [3.63, 3.8) is 0 Å². The Morgan fingerprint density at radius 3 is 1.22 bits per heavy atom. The van der Waals surface area contributed by atoms with Gasteiger partial charge in [-0.2, -0.15) is 16.8 Å². The number of fused-ring (bicyclic) bond motifs is 2. The van der Waals surface area contributed by atoms with Crippen molar-refractivity contribution in [1.82, 2.24) is 0 Å². The molecule has 147 heavy (non-hydrogen) atoms. The Balaban J connectivity index is 0.000000265. The molecular formula is C111H154Cl2N4O24S6. The van der Waals surface area contributed by atoms with Gasteiger partial charge in [-0.1, -0.05) is 147 Å². The first-order valence-electron chi connectivity index (χ1n) is 49.9. The van der Waals surface area contributed by atoms with E-state index >= 15 is 0 Å². The van der Waals surface area contributed by atoms with Crippen molar-refractivity contribution in [2.45, 2.75) is 294 Å². The van der Waals surface area contributed by atoms with E-state index in [0.717, 1.165) is 197 Å². The van der Waals surface area contributed by atoms with Crippen LogP contribution in [-0.2, 0) is 128 Å². The van der Waals surface area contributed by atoms with Crippen LogP contribution in [0.4, 0.5) is 22.7 Å². The number of aliphatic hydroxyl groups is 2. The fourth-order valence-corrected chi connectivity index (χ4v) is 23.1. The largest absolute Gasteiger partial charge is 0.508 e. The van der Waals surface area contributed by atoms with Crippen molar-refractivity contribution >= 4 is 103 Å². The Labute approximate surface area is 883 Å². The van der Waals surface area contributed by atoms with Crippen molar-refractivity contribution in [1.29, 1.82) is 0 Å². The fraction of sp³-hybridized carbons (Fsp3) is 0.459. The van der Waals surface area contributed by atoms with Crippen molar-refractivity contribution in [2.75, 3.05) is 71.9 Å².